The Morgan fingerprint density at radius 3 is 1.78 bits per heavy atom. The van der Waals surface area contributed by atoms with Gasteiger partial charge in [-0.3, -0.25) is 14.6 Å². The number of esters is 1. The fourth-order valence-electron chi connectivity index (χ4n) is 5.55. The molecule has 0 saturated carbocycles. The molecule has 1 N–H and O–H groups in total. The van der Waals surface area contributed by atoms with Crippen LogP contribution in [-0.2, 0) is 37.0 Å². The van der Waals surface area contributed by atoms with Crippen LogP contribution in [0.4, 0.5) is 4.79 Å². The Kier molecular flexibility index (Phi) is 11.6. The maximum Gasteiger partial charge on any atom is 0.508 e. The summed E-state index contributed by atoms with van der Waals surface area (Å²) in [7, 11) is 0. The first-order valence-electron chi connectivity index (χ1n) is 16.6. The van der Waals surface area contributed by atoms with E-state index in [1.807, 2.05) is 140 Å². The van der Waals surface area contributed by atoms with Crippen LogP contribution in [0.15, 0.2) is 158 Å². The molecule has 4 aromatic carbocycles. The fourth-order valence-corrected chi connectivity index (χ4v) is 5.55. The molecule has 9 heteroatoms. The van der Waals surface area contributed by atoms with Gasteiger partial charge in [-0.25, -0.2) is 4.79 Å². The van der Waals surface area contributed by atoms with Crippen LogP contribution in [0.25, 0.3) is 22.3 Å². The highest BCUT2D eigenvalue weighted by Gasteiger charge is 2.28. The number of nitrogens with one attached hydrogen (secondary N) is 1. The van der Waals surface area contributed by atoms with Gasteiger partial charge in [0.25, 0.3) is 0 Å². The number of amides is 1. The molecule has 2 heterocycles. The van der Waals surface area contributed by atoms with E-state index in [0.29, 0.717) is 0 Å². The van der Waals surface area contributed by atoms with Crippen molar-refractivity contribution in [3.63, 3.8) is 0 Å². The van der Waals surface area contributed by atoms with Gasteiger partial charge in [0.1, 0.15) is 25.9 Å². The van der Waals surface area contributed by atoms with E-state index < -0.39 is 30.1 Å². The minimum absolute atomic E-state index is 0.0532. The molecule has 0 fully saturated rings. The predicted octanol–water partition coefficient (Wildman–Crippen LogP) is 8.10. The molecule has 1 amide bonds. The lowest BCUT2D eigenvalue weighted by Crippen LogP contribution is -2.38. The van der Waals surface area contributed by atoms with Gasteiger partial charge >= 0.3 is 12.1 Å². The molecule has 0 radical (unpaired) electrons. The number of carbonyl (C=O) groups is 3. The van der Waals surface area contributed by atoms with Crippen LogP contribution in [0.2, 0.25) is 0 Å². The van der Waals surface area contributed by atoms with Gasteiger partial charge in [0, 0.05) is 24.8 Å². The Bertz CT molecular complexity index is 2000. The summed E-state index contributed by atoms with van der Waals surface area (Å²) in [5, 5.41) is 3.01. The first kappa shape index (κ1) is 34.4. The molecule has 2 unspecified atom stereocenters. The normalized spacial score (nSPS) is 11.9. The van der Waals surface area contributed by atoms with E-state index >= 15 is 0 Å². The van der Waals surface area contributed by atoms with E-state index in [9.17, 15) is 14.4 Å². The number of pyridine rings is 1. The maximum absolute atomic E-state index is 14.1. The quantitative estimate of drug-likeness (QED) is 0.116. The molecule has 51 heavy (non-hydrogen) atoms. The Morgan fingerprint density at radius 1 is 0.608 bits per heavy atom. The highest BCUT2D eigenvalue weighted by Crippen LogP contribution is 2.27. The number of benzene rings is 4. The van der Waals surface area contributed by atoms with Crippen LogP contribution in [-0.4, -0.2) is 34.2 Å². The summed E-state index contributed by atoms with van der Waals surface area (Å²) in [5.41, 5.74) is 6.30. The first-order valence-corrected chi connectivity index (χ1v) is 16.6. The Hall–Kier alpha value is -6.48. The van der Waals surface area contributed by atoms with Crippen molar-refractivity contribution < 1.29 is 28.6 Å². The zero-order valence-corrected chi connectivity index (χ0v) is 27.8. The molecule has 0 aliphatic heterocycles. The summed E-state index contributed by atoms with van der Waals surface area (Å²) in [6, 6.07) is 40.0. The summed E-state index contributed by atoms with van der Waals surface area (Å²) in [6.45, 7) is -0.0483. The number of nitrogens with zero attached hydrogens (tertiary/aromatic N) is 2. The van der Waals surface area contributed by atoms with Crippen molar-refractivity contribution >= 4 is 18.0 Å². The van der Waals surface area contributed by atoms with Crippen molar-refractivity contribution in [2.75, 3.05) is 6.61 Å². The monoisotopic (exact) mass is 679 g/mol. The van der Waals surface area contributed by atoms with Crippen molar-refractivity contribution in [1.29, 1.82) is 0 Å². The van der Waals surface area contributed by atoms with Crippen LogP contribution in [0.3, 0.4) is 0 Å². The summed E-state index contributed by atoms with van der Waals surface area (Å²) in [5.74, 6) is -0.982. The van der Waals surface area contributed by atoms with Crippen molar-refractivity contribution in [2.45, 2.75) is 31.7 Å². The largest absolute Gasteiger partial charge is 0.508 e. The van der Waals surface area contributed by atoms with Gasteiger partial charge in [-0.15, -0.1) is 0 Å². The standard InChI is InChI=1S/C42H37N3O6/c46-40(49-28-31-10-4-1-5-11-31)26-39(45-25-22-37(27-45)34-18-16-33(17-19-34)35-20-23-43-24-21-35)41(47)44-38(36-14-8-3-9-15-36)30-51-42(48)50-29-32-12-6-2-7-13-32/h1-25,27,38-39H,26,28-30H2,(H,44,47). The third kappa shape index (κ3) is 9.79. The van der Waals surface area contributed by atoms with Crippen LogP contribution < -0.4 is 5.32 Å². The lowest BCUT2D eigenvalue weighted by Gasteiger charge is -2.24. The summed E-state index contributed by atoms with van der Waals surface area (Å²) in [6.07, 6.45) is 6.04. The Morgan fingerprint density at radius 2 is 1.16 bits per heavy atom. The average Bonchev–Trinajstić information content (AvgIpc) is 3.68. The number of hydrogen-bond donors (Lipinski definition) is 1. The highest BCUT2D eigenvalue weighted by molar-refractivity contribution is 5.86. The molecule has 0 bridgehead atoms. The van der Waals surface area contributed by atoms with Gasteiger partial charge in [-0.2, -0.15) is 0 Å². The minimum Gasteiger partial charge on any atom is -0.461 e. The van der Waals surface area contributed by atoms with Gasteiger partial charge in [-0.1, -0.05) is 115 Å². The minimum atomic E-state index is -0.964. The fraction of sp³-hybridized carbons (Fsp3) is 0.143. The zero-order valence-electron chi connectivity index (χ0n) is 27.8. The number of carbonyl (C=O) groups excluding carboxylic acids is 3. The molecule has 0 aliphatic carbocycles. The average molecular weight is 680 g/mol. The van der Waals surface area contributed by atoms with Crippen LogP contribution in [0.5, 0.6) is 0 Å². The second-order valence-electron chi connectivity index (χ2n) is 11.8. The molecular formula is C42H37N3O6. The van der Waals surface area contributed by atoms with Crippen molar-refractivity contribution in [1.82, 2.24) is 14.9 Å². The summed E-state index contributed by atoms with van der Waals surface area (Å²) >= 11 is 0. The topological polar surface area (TPSA) is 109 Å². The smallest absolute Gasteiger partial charge is 0.461 e. The molecule has 2 aromatic heterocycles. The van der Waals surface area contributed by atoms with Gasteiger partial charge in [0.05, 0.1) is 12.5 Å². The predicted molar refractivity (Wildman–Crippen MR) is 193 cm³/mol. The summed E-state index contributed by atoms with van der Waals surface area (Å²) in [4.78, 5) is 44.0. The number of aromatic nitrogens is 2. The van der Waals surface area contributed by atoms with Crippen LogP contribution >= 0.6 is 0 Å². The lowest BCUT2D eigenvalue weighted by atomic mass is 10.0. The van der Waals surface area contributed by atoms with E-state index in [4.69, 9.17) is 14.2 Å². The second kappa shape index (κ2) is 17.3. The molecule has 2 atom stereocenters. The van der Waals surface area contributed by atoms with Gasteiger partial charge in [0.2, 0.25) is 5.91 Å². The molecule has 6 aromatic rings. The molecular weight excluding hydrogens is 642 g/mol. The number of rotatable bonds is 14. The van der Waals surface area contributed by atoms with E-state index in [-0.39, 0.29) is 26.2 Å². The summed E-state index contributed by atoms with van der Waals surface area (Å²) < 4.78 is 18.0. The van der Waals surface area contributed by atoms with E-state index in [1.54, 1.807) is 23.2 Å². The van der Waals surface area contributed by atoms with E-state index in [0.717, 1.165) is 38.9 Å². The van der Waals surface area contributed by atoms with E-state index in [2.05, 4.69) is 10.3 Å². The Balaban J connectivity index is 1.19. The van der Waals surface area contributed by atoms with Gasteiger partial charge < -0.3 is 24.1 Å². The molecule has 0 saturated heterocycles. The Labute approximate surface area is 296 Å². The molecule has 0 spiro atoms. The van der Waals surface area contributed by atoms with E-state index in [1.165, 1.54) is 0 Å². The number of hydrogen-bond acceptors (Lipinski definition) is 7. The lowest BCUT2D eigenvalue weighted by molar-refractivity contribution is -0.147. The zero-order chi connectivity index (χ0) is 35.3. The maximum atomic E-state index is 14.1. The SMILES string of the molecule is O=C(CC(C(=O)NC(COC(=O)OCc1ccccc1)c1ccccc1)n1ccc(-c2ccc(-c3ccncc3)cc2)c1)OCc1ccccc1. The third-order valence-electron chi connectivity index (χ3n) is 8.30. The van der Waals surface area contributed by atoms with Crippen molar-refractivity contribution in [2.24, 2.45) is 0 Å². The van der Waals surface area contributed by atoms with Crippen molar-refractivity contribution in [3.8, 4) is 22.3 Å². The molecule has 9 nitrogen and oxygen atoms in total. The molecule has 256 valence electrons. The van der Waals surface area contributed by atoms with Crippen molar-refractivity contribution in [3.05, 3.63) is 175 Å². The van der Waals surface area contributed by atoms with Gasteiger partial charge in [-0.05, 0) is 57.1 Å². The number of ether oxygens (including phenoxy) is 3. The van der Waals surface area contributed by atoms with Gasteiger partial charge in [0.15, 0.2) is 0 Å². The first-order chi connectivity index (χ1) is 25.0. The van der Waals surface area contributed by atoms with Crippen LogP contribution in [0, 0.1) is 0 Å². The van der Waals surface area contributed by atoms with Crippen LogP contribution in [0.1, 0.15) is 35.2 Å². The third-order valence-corrected chi connectivity index (χ3v) is 8.30. The molecule has 0 aliphatic rings. The second-order valence-corrected chi connectivity index (χ2v) is 11.8. The molecule has 6 rings (SSSR count). The highest BCUT2D eigenvalue weighted by atomic mass is 16.7.